The molecule has 0 aromatic heterocycles. The van der Waals surface area contributed by atoms with Crippen LogP contribution >= 0.6 is 0 Å². The Labute approximate surface area is 129 Å². The van der Waals surface area contributed by atoms with Crippen molar-refractivity contribution in [3.63, 3.8) is 0 Å². The van der Waals surface area contributed by atoms with E-state index in [0.717, 1.165) is 23.7 Å². The Hall–Kier alpha value is -2.80. The molecule has 0 atom stereocenters. The van der Waals surface area contributed by atoms with Crippen LogP contribution in [-0.2, 0) is 13.3 Å². The molecule has 0 aliphatic carbocycles. The largest absolute Gasteiger partial charge is 0.719 e. The number of carbonyl (C=O) groups excluding carboxylic acids is 2. The van der Waals surface area contributed by atoms with E-state index < -0.39 is 20.6 Å². The summed E-state index contributed by atoms with van der Waals surface area (Å²) in [4.78, 5) is 25.8. The molecule has 1 heterocycles. The smallest absolute Gasteiger partial charge is 0.490 e. The topological polar surface area (TPSA) is 65.1 Å². The number of nitrogens with zero attached hydrogens (tertiary/aromatic N) is 1. The fourth-order valence-electron chi connectivity index (χ4n) is 2.15. The van der Waals surface area contributed by atoms with Crippen molar-refractivity contribution < 1.29 is 22.9 Å². The molecule has 0 bridgehead atoms. The predicted molar refractivity (Wildman–Crippen MR) is 81.4 cm³/mol. The molecule has 22 heavy (non-hydrogen) atoms. The molecule has 0 saturated carbocycles. The second kappa shape index (κ2) is 6.31. The number of amides is 2. The molecule has 0 radical (unpaired) electrons. The molecule has 1 aromatic carbocycles. The number of carbonyl (C=O) groups is 2. The van der Waals surface area contributed by atoms with Crippen LogP contribution in [0.2, 0.25) is 0 Å². The van der Waals surface area contributed by atoms with Crippen LogP contribution in [0.15, 0.2) is 62.8 Å². The number of hydrogen-bond donors (Lipinski definition) is 0. The van der Waals surface area contributed by atoms with E-state index in [1.807, 2.05) is 0 Å². The highest BCUT2D eigenvalue weighted by atomic mass is 28.4. The van der Waals surface area contributed by atoms with E-state index in [1.54, 1.807) is 24.3 Å². The zero-order chi connectivity index (χ0) is 16.2. The van der Waals surface area contributed by atoms with Crippen molar-refractivity contribution in [2.24, 2.45) is 0 Å². The van der Waals surface area contributed by atoms with E-state index in [4.69, 9.17) is 13.3 Å². The Morgan fingerprint density at radius 2 is 1.32 bits per heavy atom. The Balaban J connectivity index is 2.33. The van der Waals surface area contributed by atoms with Gasteiger partial charge < -0.3 is 13.3 Å². The number of rotatable bonds is 8. The first-order chi connectivity index (χ1) is 10.6. The van der Waals surface area contributed by atoms with Gasteiger partial charge in [-0.1, -0.05) is 31.9 Å². The van der Waals surface area contributed by atoms with Crippen molar-refractivity contribution in [3.05, 3.63) is 73.9 Å². The lowest BCUT2D eigenvalue weighted by Gasteiger charge is -2.28. The number of fused-ring (bicyclic) bond motifs is 1. The Bertz CT molecular complexity index is 581. The minimum absolute atomic E-state index is 0.177. The average Bonchev–Trinajstić information content (AvgIpc) is 2.74. The highest BCUT2D eigenvalue weighted by Gasteiger charge is 2.52. The minimum Gasteiger partial charge on any atom is -0.490 e. The maximum atomic E-state index is 12.4. The van der Waals surface area contributed by atoms with Gasteiger partial charge in [-0.15, -0.1) is 0 Å². The van der Waals surface area contributed by atoms with Crippen molar-refractivity contribution in [1.82, 2.24) is 4.90 Å². The third kappa shape index (κ3) is 2.66. The van der Waals surface area contributed by atoms with Gasteiger partial charge in [-0.25, -0.2) is 0 Å². The fraction of sp³-hybridized carbons (Fsp3) is 0.0667. The van der Waals surface area contributed by atoms with Gasteiger partial charge in [0.05, 0.1) is 29.9 Å². The van der Waals surface area contributed by atoms with E-state index >= 15 is 0 Å². The van der Waals surface area contributed by atoms with E-state index in [-0.39, 0.29) is 6.17 Å². The molecule has 0 N–H and O–H groups in total. The van der Waals surface area contributed by atoms with Crippen LogP contribution in [0.3, 0.4) is 0 Å². The van der Waals surface area contributed by atoms with Crippen LogP contribution in [0.5, 0.6) is 0 Å². The zero-order valence-electron chi connectivity index (χ0n) is 11.9. The maximum Gasteiger partial charge on any atom is 0.719 e. The summed E-state index contributed by atoms with van der Waals surface area (Å²) in [6.45, 7) is 10.4. The Morgan fingerprint density at radius 1 is 0.909 bits per heavy atom. The SMILES string of the molecule is C=CO[Si](CN1C(=O)c2ccccc2C1=O)(OC=C)OC=C. The molecule has 1 aromatic rings. The van der Waals surface area contributed by atoms with Gasteiger partial charge in [-0.05, 0) is 12.1 Å². The quantitative estimate of drug-likeness (QED) is 0.418. The summed E-state index contributed by atoms with van der Waals surface area (Å²) in [7, 11) is -3.45. The van der Waals surface area contributed by atoms with Crippen LogP contribution in [0.1, 0.15) is 20.7 Å². The van der Waals surface area contributed by atoms with E-state index in [0.29, 0.717) is 11.1 Å². The van der Waals surface area contributed by atoms with Gasteiger partial charge in [0.1, 0.15) is 6.17 Å². The van der Waals surface area contributed by atoms with Gasteiger partial charge in [0.25, 0.3) is 11.8 Å². The summed E-state index contributed by atoms with van der Waals surface area (Å²) in [5, 5.41) is 0. The minimum atomic E-state index is -3.45. The molecule has 0 fully saturated rings. The van der Waals surface area contributed by atoms with Crippen LogP contribution in [0, 0.1) is 0 Å². The lowest BCUT2D eigenvalue weighted by Crippen LogP contribution is -2.54. The first-order valence-electron chi connectivity index (χ1n) is 6.40. The highest BCUT2D eigenvalue weighted by molar-refractivity contribution is 6.62. The maximum absolute atomic E-state index is 12.4. The molecule has 6 nitrogen and oxygen atoms in total. The van der Waals surface area contributed by atoms with Crippen molar-refractivity contribution in [3.8, 4) is 0 Å². The van der Waals surface area contributed by atoms with E-state index in [1.165, 1.54) is 0 Å². The van der Waals surface area contributed by atoms with Crippen molar-refractivity contribution in [1.29, 1.82) is 0 Å². The van der Waals surface area contributed by atoms with E-state index in [9.17, 15) is 9.59 Å². The molecule has 7 heteroatoms. The average molecular weight is 317 g/mol. The van der Waals surface area contributed by atoms with Crippen molar-refractivity contribution in [2.75, 3.05) is 6.17 Å². The van der Waals surface area contributed by atoms with Gasteiger partial charge in [-0.2, -0.15) is 0 Å². The first kappa shape index (κ1) is 15.6. The second-order valence-electron chi connectivity index (χ2n) is 4.28. The molecule has 0 spiro atoms. The summed E-state index contributed by atoms with van der Waals surface area (Å²) in [5.41, 5.74) is 0.678. The normalized spacial score (nSPS) is 13.4. The van der Waals surface area contributed by atoms with Gasteiger partial charge in [-0.3, -0.25) is 14.5 Å². The molecular weight excluding hydrogens is 302 g/mol. The summed E-state index contributed by atoms with van der Waals surface area (Å²) >= 11 is 0. The summed E-state index contributed by atoms with van der Waals surface area (Å²) in [6, 6.07) is 6.57. The molecule has 1 aliphatic rings. The molecule has 2 amide bonds. The fourth-order valence-corrected chi connectivity index (χ4v) is 3.98. The van der Waals surface area contributed by atoms with Crippen LogP contribution in [0.4, 0.5) is 0 Å². The molecule has 114 valence electrons. The number of hydrogen-bond acceptors (Lipinski definition) is 5. The van der Waals surface area contributed by atoms with Crippen molar-refractivity contribution >= 4 is 20.6 Å². The van der Waals surface area contributed by atoms with Crippen LogP contribution in [0.25, 0.3) is 0 Å². The number of benzene rings is 1. The molecule has 0 unspecified atom stereocenters. The lowest BCUT2D eigenvalue weighted by atomic mass is 10.1. The van der Waals surface area contributed by atoms with Gasteiger partial charge in [0.2, 0.25) is 0 Å². The molecular formula is C15H15NO5Si. The monoisotopic (exact) mass is 317 g/mol. The molecule has 0 saturated heterocycles. The third-order valence-corrected chi connectivity index (χ3v) is 5.30. The summed E-state index contributed by atoms with van der Waals surface area (Å²) in [6.07, 6.45) is 3.23. The predicted octanol–water partition coefficient (Wildman–Crippen LogP) is 2.24. The molecule has 1 aliphatic heterocycles. The van der Waals surface area contributed by atoms with Crippen LogP contribution < -0.4 is 0 Å². The van der Waals surface area contributed by atoms with Crippen LogP contribution in [-0.4, -0.2) is 31.7 Å². The third-order valence-electron chi connectivity index (χ3n) is 3.02. The first-order valence-corrected chi connectivity index (χ1v) is 8.33. The van der Waals surface area contributed by atoms with Gasteiger partial charge in [0, 0.05) is 0 Å². The zero-order valence-corrected chi connectivity index (χ0v) is 12.9. The van der Waals surface area contributed by atoms with E-state index in [2.05, 4.69) is 19.7 Å². The Morgan fingerprint density at radius 3 is 1.68 bits per heavy atom. The van der Waals surface area contributed by atoms with Crippen molar-refractivity contribution in [2.45, 2.75) is 0 Å². The lowest BCUT2D eigenvalue weighted by molar-refractivity contribution is 0.0631. The summed E-state index contributed by atoms with van der Waals surface area (Å²) in [5.74, 6) is -0.851. The standard InChI is InChI=1S/C15H15NO5Si/c1-4-19-22(20-5-2,21-6-3)11-16-14(17)12-9-7-8-10-13(12)15(16)18/h4-10H,1-3,11H2. The highest BCUT2D eigenvalue weighted by Crippen LogP contribution is 2.25. The Kier molecular flexibility index (Phi) is 4.47. The summed E-state index contributed by atoms with van der Waals surface area (Å²) < 4.78 is 16.0. The molecule has 2 rings (SSSR count). The number of imide groups is 1. The second-order valence-corrected chi connectivity index (χ2v) is 6.67. The van der Waals surface area contributed by atoms with Gasteiger partial charge >= 0.3 is 8.80 Å². The van der Waals surface area contributed by atoms with Gasteiger partial charge in [0.15, 0.2) is 0 Å².